The van der Waals surface area contributed by atoms with Gasteiger partial charge in [-0.3, -0.25) is 0 Å². The number of alkyl halides is 3. The Bertz CT molecular complexity index is 658. The molecule has 2 nitrogen and oxygen atoms in total. The summed E-state index contributed by atoms with van der Waals surface area (Å²) in [4.78, 5) is 0. The van der Waals surface area contributed by atoms with Gasteiger partial charge in [-0.1, -0.05) is 11.6 Å². The molecular formula is C14H10ClF4NO. The zero-order valence-electron chi connectivity index (χ0n) is 10.5. The molecule has 0 aliphatic rings. The maximum atomic E-state index is 13.7. The highest BCUT2D eigenvalue weighted by atomic mass is 35.5. The molecule has 21 heavy (non-hydrogen) atoms. The highest BCUT2D eigenvalue weighted by Gasteiger charge is 2.28. The van der Waals surface area contributed by atoms with Crippen molar-refractivity contribution >= 4 is 17.3 Å². The molecule has 0 saturated heterocycles. The Balaban J connectivity index is 2.29. The topological polar surface area (TPSA) is 35.2 Å². The second-order valence-electron chi connectivity index (χ2n) is 4.28. The molecule has 0 saturated carbocycles. The van der Waals surface area contributed by atoms with Crippen LogP contribution in [0.25, 0.3) is 11.1 Å². The average molecular weight is 320 g/mol. The molecule has 0 unspecified atom stereocenters. The van der Waals surface area contributed by atoms with Gasteiger partial charge in [0.2, 0.25) is 0 Å². The third-order valence-corrected chi connectivity index (χ3v) is 2.88. The Labute approximate surface area is 123 Å². The molecule has 0 spiro atoms. The molecule has 2 N–H and O–H groups in total. The fourth-order valence-corrected chi connectivity index (χ4v) is 1.92. The number of nitrogens with two attached hydrogens (primary N) is 1. The summed E-state index contributed by atoms with van der Waals surface area (Å²) in [5.74, 6) is -0.578. The summed E-state index contributed by atoms with van der Waals surface area (Å²) in [6.45, 7) is -1.42. The van der Waals surface area contributed by atoms with Gasteiger partial charge in [0.15, 0.2) is 6.61 Å². The number of ether oxygens (including phenoxy) is 1. The van der Waals surface area contributed by atoms with E-state index in [2.05, 4.69) is 4.74 Å². The van der Waals surface area contributed by atoms with E-state index in [4.69, 9.17) is 17.3 Å². The van der Waals surface area contributed by atoms with E-state index in [-0.39, 0.29) is 17.0 Å². The number of halogens is 5. The molecule has 0 fully saturated rings. The predicted octanol–water partition coefficient (Wildman–Crippen LogP) is 4.67. The van der Waals surface area contributed by atoms with Crippen molar-refractivity contribution in [3.8, 4) is 16.9 Å². The summed E-state index contributed by atoms with van der Waals surface area (Å²) in [6, 6.07) is 7.84. The van der Waals surface area contributed by atoms with Crippen LogP contribution in [0.2, 0.25) is 5.02 Å². The molecule has 0 amide bonds. The maximum Gasteiger partial charge on any atom is 0.422 e. The van der Waals surface area contributed by atoms with Gasteiger partial charge < -0.3 is 10.5 Å². The van der Waals surface area contributed by atoms with Crippen LogP contribution in [0.3, 0.4) is 0 Å². The maximum absolute atomic E-state index is 13.7. The van der Waals surface area contributed by atoms with Gasteiger partial charge in [0, 0.05) is 27.9 Å². The van der Waals surface area contributed by atoms with Gasteiger partial charge in [0.1, 0.15) is 11.6 Å². The Kier molecular flexibility index (Phi) is 4.27. The minimum Gasteiger partial charge on any atom is -0.484 e. The number of nitrogen functional groups attached to an aromatic ring is 1. The Morgan fingerprint density at radius 1 is 1.05 bits per heavy atom. The molecule has 0 aliphatic heterocycles. The Morgan fingerprint density at radius 3 is 2.38 bits per heavy atom. The SMILES string of the molecule is Nc1cc(OCC(F)(F)F)ccc1-c1cc(Cl)ccc1F. The summed E-state index contributed by atoms with van der Waals surface area (Å²) in [6.07, 6.45) is -4.44. The van der Waals surface area contributed by atoms with Crippen molar-refractivity contribution in [2.75, 3.05) is 12.3 Å². The van der Waals surface area contributed by atoms with E-state index in [1.165, 1.54) is 36.4 Å². The fraction of sp³-hybridized carbons (Fsp3) is 0.143. The Morgan fingerprint density at radius 2 is 1.76 bits per heavy atom. The smallest absolute Gasteiger partial charge is 0.422 e. The van der Waals surface area contributed by atoms with E-state index in [0.717, 1.165) is 0 Å². The molecule has 2 aromatic carbocycles. The molecule has 0 atom stereocenters. The highest BCUT2D eigenvalue weighted by Crippen LogP contribution is 2.33. The number of rotatable bonds is 3. The molecule has 2 aromatic rings. The van der Waals surface area contributed by atoms with Gasteiger partial charge in [0.05, 0.1) is 0 Å². The van der Waals surface area contributed by atoms with Crippen molar-refractivity contribution in [2.24, 2.45) is 0 Å². The van der Waals surface area contributed by atoms with Crippen LogP contribution in [0.5, 0.6) is 5.75 Å². The van der Waals surface area contributed by atoms with Crippen molar-refractivity contribution in [3.63, 3.8) is 0 Å². The lowest BCUT2D eigenvalue weighted by Crippen LogP contribution is -2.19. The van der Waals surface area contributed by atoms with Crippen molar-refractivity contribution < 1.29 is 22.3 Å². The first kappa shape index (κ1) is 15.4. The molecule has 0 radical (unpaired) electrons. The normalized spacial score (nSPS) is 11.5. The van der Waals surface area contributed by atoms with Gasteiger partial charge in [-0.15, -0.1) is 0 Å². The van der Waals surface area contributed by atoms with Crippen LogP contribution in [0.4, 0.5) is 23.2 Å². The van der Waals surface area contributed by atoms with Gasteiger partial charge in [-0.05, 0) is 30.3 Å². The Hall–Kier alpha value is -1.95. The standard InChI is InChI=1S/C14H10ClF4NO/c15-8-1-4-12(16)11(5-8)10-3-2-9(6-13(10)20)21-7-14(17,18)19/h1-6H,7,20H2. The quantitative estimate of drug-likeness (QED) is 0.659. The summed E-state index contributed by atoms with van der Waals surface area (Å²) in [5, 5.41) is 0.322. The molecule has 0 heterocycles. The molecule has 0 aliphatic carbocycles. The molecule has 112 valence electrons. The third-order valence-electron chi connectivity index (χ3n) is 2.64. The van der Waals surface area contributed by atoms with Crippen LogP contribution in [-0.4, -0.2) is 12.8 Å². The van der Waals surface area contributed by atoms with E-state index >= 15 is 0 Å². The van der Waals surface area contributed by atoms with Crippen LogP contribution in [-0.2, 0) is 0 Å². The monoisotopic (exact) mass is 319 g/mol. The number of anilines is 1. The van der Waals surface area contributed by atoms with Gasteiger partial charge in [-0.25, -0.2) is 4.39 Å². The van der Waals surface area contributed by atoms with E-state index in [9.17, 15) is 17.6 Å². The summed E-state index contributed by atoms with van der Waals surface area (Å²) >= 11 is 5.79. The minimum atomic E-state index is -4.44. The molecule has 0 bridgehead atoms. The molecule has 0 aromatic heterocycles. The van der Waals surface area contributed by atoms with Crippen LogP contribution >= 0.6 is 11.6 Å². The molecule has 7 heteroatoms. The van der Waals surface area contributed by atoms with Crippen LogP contribution in [0, 0.1) is 5.82 Å². The highest BCUT2D eigenvalue weighted by molar-refractivity contribution is 6.30. The first-order valence-corrected chi connectivity index (χ1v) is 6.18. The van der Waals surface area contributed by atoms with E-state index in [1.807, 2.05) is 0 Å². The zero-order chi connectivity index (χ0) is 15.6. The van der Waals surface area contributed by atoms with Gasteiger partial charge in [-0.2, -0.15) is 13.2 Å². The lowest BCUT2D eigenvalue weighted by atomic mass is 10.0. The lowest BCUT2D eigenvalue weighted by Gasteiger charge is -2.12. The molecule has 2 rings (SSSR count). The largest absolute Gasteiger partial charge is 0.484 e. The van der Waals surface area contributed by atoms with Crippen molar-refractivity contribution in [3.05, 3.63) is 47.2 Å². The van der Waals surface area contributed by atoms with E-state index in [1.54, 1.807) is 0 Å². The number of hydrogen-bond donors (Lipinski definition) is 1. The average Bonchev–Trinajstić information content (AvgIpc) is 2.39. The second kappa shape index (κ2) is 5.81. The zero-order valence-corrected chi connectivity index (χ0v) is 11.3. The third kappa shape index (κ3) is 4.01. The summed E-state index contributed by atoms with van der Waals surface area (Å²) in [5.41, 5.74) is 6.33. The fourth-order valence-electron chi connectivity index (χ4n) is 1.74. The lowest BCUT2D eigenvalue weighted by molar-refractivity contribution is -0.153. The number of hydrogen-bond acceptors (Lipinski definition) is 2. The predicted molar refractivity (Wildman–Crippen MR) is 72.8 cm³/mol. The van der Waals surface area contributed by atoms with Gasteiger partial charge in [0.25, 0.3) is 0 Å². The van der Waals surface area contributed by atoms with Crippen LogP contribution in [0.15, 0.2) is 36.4 Å². The van der Waals surface area contributed by atoms with Crippen molar-refractivity contribution in [1.82, 2.24) is 0 Å². The van der Waals surface area contributed by atoms with Gasteiger partial charge >= 0.3 is 6.18 Å². The van der Waals surface area contributed by atoms with E-state index < -0.39 is 18.6 Å². The second-order valence-corrected chi connectivity index (χ2v) is 4.71. The minimum absolute atomic E-state index is 0.0454. The molecular weight excluding hydrogens is 310 g/mol. The number of benzene rings is 2. The summed E-state index contributed by atoms with van der Waals surface area (Å²) < 4.78 is 54.5. The first-order chi connectivity index (χ1) is 9.76. The van der Waals surface area contributed by atoms with Crippen molar-refractivity contribution in [2.45, 2.75) is 6.18 Å². The summed E-state index contributed by atoms with van der Waals surface area (Å²) in [7, 11) is 0. The van der Waals surface area contributed by atoms with Crippen LogP contribution < -0.4 is 10.5 Å². The van der Waals surface area contributed by atoms with Crippen LogP contribution in [0.1, 0.15) is 0 Å². The first-order valence-electron chi connectivity index (χ1n) is 5.81. The van der Waals surface area contributed by atoms with E-state index in [0.29, 0.717) is 10.6 Å². The van der Waals surface area contributed by atoms with Crippen molar-refractivity contribution in [1.29, 1.82) is 0 Å².